The Bertz CT molecular complexity index is 676. The fourth-order valence-corrected chi connectivity index (χ4v) is 2.13. The molecule has 0 spiro atoms. The standard InChI is InChI=1S/C17H14N2/c1-13-12-19-17(15-7-9-18-10-8-15)11-16(13)14-5-3-2-4-6-14/h2-12H,1H3. The van der Waals surface area contributed by atoms with E-state index < -0.39 is 0 Å². The predicted molar refractivity (Wildman–Crippen MR) is 77.6 cm³/mol. The van der Waals surface area contributed by atoms with Crippen LogP contribution in [0.5, 0.6) is 0 Å². The van der Waals surface area contributed by atoms with Gasteiger partial charge in [0.15, 0.2) is 0 Å². The molecule has 3 rings (SSSR count). The highest BCUT2D eigenvalue weighted by molar-refractivity contribution is 5.72. The van der Waals surface area contributed by atoms with Crippen LogP contribution in [-0.2, 0) is 0 Å². The van der Waals surface area contributed by atoms with E-state index in [1.807, 2.05) is 24.4 Å². The highest BCUT2D eigenvalue weighted by Crippen LogP contribution is 2.27. The molecule has 1 aromatic carbocycles. The number of hydrogen-bond acceptors (Lipinski definition) is 2. The molecule has 0 saturated heterocycles. The summed E-state index contributed by atoms with van der Waals surface area (Å²) in [6.45, 7) is 2.09. The van der Waals surface area contributed by atoms with Crippen molar-refractivity contribution in [2.24, 2.45) is 0 Å². The molecule has 0 N–H and O–H groups in total. The summed E-state index contributed by atoms with van der Waals surface area (Å²) in [5.74, 6) is 0. The van der Waals surface area contributed by atoms with Crippen molar-refractivity contribution in [1.82, 2.24) is 9.97 Å². The lowest BCUT2D eigenvalue weighted by Crippen LogP contribution is -1.89. The average Bonchev–Trinajstić information content (AvgIpc) is 2.49. The normalized spacial score (nSPS) is 10.4. The van der Waals surface area contributed by atoms with E-state index in [0.29, 0.717) is 0 Å². The summed E-state index contributed by atoms with van der Waals surface area (Å²) < 4.78 is 0. The summed E-state index contributed by atoms with van der Waals surface area (Å²) in [6.07, 6.45) is 5.51. The van der Waals surface area contributed by atoms with E-state index >= 15 is 0 Å². The van der Waals surface area contributed by atoms with Gasteiger partial charge in [0.05, 0.1) is 5.69 Å². The van der Waals surface area contributed by atoms with Crippen molar-refractivity contribution in [3.63, 3.8) is 0 Å². The molecule has 0 aliphatic heterocycles. The molecular weight excluding hydrogens is 232 g/mol. The lowest BCUT2D eigenvalue weighted by atomic mass is 10.00. The zero-order chi connectivity index (χ0) is 13.1. The zero-order valence-electron chi connectivity index (χ0n) is 10.7. The van der Waals surface area contributed by atoms with Gasteiger partial charge in [-0.25, -0.2) is 0 Å². The van der Waals surface area contributed by atoms with E-state index in [0.717, 1.165) is 11.3 Å². The van der Waals surface area contributed by atoms with E-state index in [2.05, 4.69) is 47.2 Å². The lowest BCUT2D eigenvalue weighted by molar-refractivity contribution is 1.25. The van der Waals surface area contributed by atoms with Crippen LogP contribution in [0, 0.1) is 6.92 Å². The molecule has 2 aromatic heterocycles. The van der Waals surface area contributed by atoms with Crippen molar-refractivity contribution in [3.05, 3.63) is 72.7 Å². The van der Waals surface area contributed by atoms with Crippen LogP contribution < -0.4 is 0 Å². The molecule has 0 atom stereocenters. The van der Waals surface area contributed by atoms with Gasteiger partial charge >= 0.3 is 0 Å². The number of nitrogens with zero attached hydrogens (tertiary/aromatic N) is 2. The van der Waals surface area contributed by atoms with E-state index in [-0.39, 0.29) is 0 Å². The first-order valence-electron chi connectivity index (χ1n) is 6.27. The Balaban J connectivity index is 2.12. The molecule has 92 valence electrons. The third-order valence-electron chi connectivity index (χ3n) is 3.16. The Morgan fingerprint density at radius 1 is 0.842 bits per heavy atom. The van der Waals surface area contributed by atoms with Gasteiger partial charge in [0.1, 0.15) is 0 Å². The molecule has 0 bridgehead atoms. The van der Waals surface area contributed by atoms with E-state index in [1.54, 1.807) is 12.4 Å². The Labute approximate surface area is 112 Å². The first kappa shape index (κ1) is 11.6. The van der Waals surface area contributed by atoms with Crippen molar-refractivity contribution in [1.29, 1.82) is 0 Å². The first-order chi connectivity index (χ1) is 9.34. The van der Waals surface area contributed by atoms with Crippen LogP contribution in [0.4, 0.5) is 0 Å². The van der Waals surface area contributed by atoms with Gasteiger partial charge in [-0.15, -0.1) is 0 Å². The van der Waals surface area contributed by atoms with Crippen LogP contribution in [-0.4, -0.2) is 9.97 Å². The van der Waals surface area contributed by atoms with Crippen molar-refractivity contribution in [2.75, 3.05) is 0 Å². The van der Waals surface area contributed by atoms with Gasteiger partial charge in [0.25, 0.3) is 0 Å². The molecule has 0 unspecified atom stereocenters. The fourth-order valence-electron chi connectivity index (χ4n) is 2.13. The number of aromatic nitrogens is 2. The van der Waals surface area contributed by atoms with Crippen molar-refractivity contribution in [3.8, 4) is 22.4 Å². The molecule has 19 heavy (non-hydrogen) atoms. The number of hydrogen-bond donors (Lipinski definition) is 0. The first-order valence-corrected chi connectivity index (χ1v) is 6.27. The number of pyridine rings is 2. The van der Waals surface area contributed by atoms with Gasteiger partial charge in [-0.3, -0.25) is 9.97 Å². The molecule has 0 fully saturated rings. The third kappa shape index (κ3) is 2.38. The van der Waals surface area contributed by atoms with E-state index in [9.17, 15) is 0 Å². The average molecular weight is 246 g/mol. The largest absolute Gasteiger partial charge is 0.265 e. The van der Waals surface area contributed by atoms with E-state index in [4.69, 9.17) is 0 Å². The molecule has 0 saturated carbocycles. The quantitative estimate of drug-likeness (QED) is 0.679. The lowest BCUT2D eigenvalue weighted by Gasteiger charge is -2.08. The van der Waals surface area contributed by atoms with Crippen molar-refractivity contribution < 1.29 is 0 Å². The van der Waals surface area contributed by atoms with Gasteiger partial charge in [-0.2, -0.15) is 0 Å². The maximum atomic E-state index is 4.51. The van der Waals surface area contributed by atoms with Crippen LogP contribution in [0.3, 0.4) is 0 Å². The summed E-state index contributed by atoms with van der Waals surface area (Å²) in [5.41, 5.74) is 5.70. The second kappa shape index (κ2) is 5.02. The van der Waals surface area contributed by atoms with Crippen molar-refractivity contribution >= 4 is 0 Å². The maximum absolute atomic E-state index is 4.51. The minimum Gasteiger partial charge on any atom is -0.265 e. The van der Waals surface area contributed by atoms with Gasteiger partial charge in [-0.05, 0) is 41.8 Å². The van der Waals surface area contributed by atoms with Crippen LogP contribution >= 0.6 is 0 Å². The van der Waals surface area contributed by atoms with Gasteiger partial charge < -0.3 is 0 Å². The Morgan fingerprint density at radius 2 is 1.58 bits per heavy atom. The molecule has 0 radical (unpaired) electrons. The summed E-state index contributed by atoms with van der Waals surface area (Å²) in [7, 11) is 0. The monoisotopic (exact) mass is 246 g/mol. The van der Waals surface area contributed by atoms with Gasteiger partial charge in [0, 0.05) is 24.2 Å². The Hall–Kier alpha value is -2.48. The molecule has 0 aliphatic carbocycles. The highest BCUT2D eigenvalue weighted by Gasteiger charge is 2.05. The minimum absolute atomic E-state index is 0.979. The van der Waals surface area contributed by atoms with Crippen LogP contribution in [0.2, 0.25) is 0 Å². The molecule has 0 aliphatic rings. The van der Waals surface area contributed by atoms with Crippen LogP contribution in [0.15, 0.2) is 67.1 Å². The molecular formula is C17H14N2. The highest BCUT2D eigenvalue weighted by atomic mass is 14.7. The number of aryl methyl sites for hydroxylation is 1. The van der Waals surface area contributed by atoms with Crippen molar-refractivity contribution in [2.45, 2.75) is 6.92 Å². The summed E-state index contributed by atoms with van der Waals surface area (Å²) in [5, 5.41) is 0. The SMILES string of the molecule is Cc1cnc(-c2ccncc2)cc1-c1ccccc1. The second-order valence-electron chi connectivity index (χ2n) is 4.49. The Morgan fingerprint density at radius 3 is 2.32 bits per heavy atom. The number of benzene rings is 1. The fraction of sp³-hybridized carbons (Fsp3) is 0.0588. The maximum Gasteiger partial charge on any atom is 0.0709 e. The summed E-state index contributed by atoms with van der Waals surface area (Å²) in [6, 6.07) is 16.5. The predicted octanol–water partition coefficient (Wildman–Crippen LogP) is 4.12. The zero-order valence-corrected chi connectivity index (χ0v) is 10.7. The smallest absolute Gasteiger partial charge is 0.0709 e. The van der Waals surface area contributed by atoms with Crippen LogP contribution in [0.25, 0.3) is 22.4 Å². The van der Waals surface area contributed by atoms with Gasteiger partial charge in [-0.1, -0.05) is 30.3 Å². The second-order valence-corrected chi connectivity index (χ2v) is 4.49. The molecule has 2 heterocycles. The molecule has 2 heteroatoms. The summed E-state index contributed by atoms with van der Waals surface area (Å²) in [4.78, 5) is 8.55. The van der Waals surface area contributed by atoms with E-state index in [1.165, 1.54) is 16.7 Å². The molecule has 0 amide bonds. The summed E-state index contributed by atoms with van der Waals surface area (Å²) >= 11 is 0. The van der Waals surface area contributed by atoms with Gasteiger partial charge in [0.2, 0.25) is 0 Å². The number of rotatable bonds is 2. The van der Waals surface area contributed by atoms with Crippen LogP contribution in [0.1, 0.15) is 5.56 Å². The molecule has 2 nitrogen and oxygen atoms in total. The molecule has 3 aromatic rings. The third-order valence-corrected chi connectivity index (χ3v) is 3.16. The minimum atomic E-state index is 0.979. The topological polar surface area (TPSA) is 25.8 Å². The Kier molecular flexibility index (Phi) is 3.07.